The third-order valence-corrected chi connectivity index (χ3v) is 5.12. The van der Waals surface area contributed by atoms with Gasteiger partial charge in [0, 0.05) is 22.8 Å². The highest BCUT2D eigenvalue weighted by Gasteiger charge is 2.29. The van der Waals surface area contributed by atoms with E-state index in [0.717, 1.165) is 48.8 Å². The van der Waals surface area contributed by atoms with Crippen LogP contribution in [0.15, 0.2) is 48.5 Å². The van der Waals surface area contributed by atoms with Crippen molar-refractivity contribution in [2.75, 3.05) is 0 Å². The zero-order valence-corrected chi connectivity index (χ0v) is 14.1. The number of aldehydes is 1. The molecule has 1 fully saturated rings. The number of carbonyl (C=O) groups excluding carboxylic acids is 2. The van der Waals surface area contributed by atoms with E-state index in [4.69, 9.17) is 11.1 Å². The molecule has 1 amide bonds. The Morgan fingerprint density at radius 2 is 1.72 bits per heavy atom. The summed E-state index contributed by atoms with van der Waals surface area (Å²) in [6.07, 6.45) is 4.40. The topological polar surface area (TPSA) is 84.0 Å². The van der Waals surface area contributed by atoms with E-state index in [1.54, 1.807) is 12.1 Å². The number of benzene rings is 2. The lowest BCUT2D eigenvalue weighted by atomic mass is 9.72. The molecular formula is C21H22N2O2. The smallest absolute Gasteiger partial charge is 0.248 e. The molecule has 0 spiro atoms. The fourth-order valence-corrected chi connectivity index (χ4v) is 3.78. The Hall–Kier alpha value is -2.75. The van der Waals surface area contributed by atoms with Crippen LogP contribution in [0.3, 0.4) is 0 Å². The van der Waals surface area contributed by atoms with Crippen molar-refractivity contribution >= 4 is 17.9 Å². The molecule has 1 aliphatic rings. The van der Waals surface area contributed by atoms with E-state index < -0.39 is 5.91 Å². The van der Waals surface area contributed by atoms with Crippen molar-refractivity contribution in [1.29, 1.82) is 5.41 Å². The van der Waals surface area contributed by atoms with Crippen molar-refractivity contribution in [3.8, 4) is 0 Å². The third kappa shape index (κ3) is 3.68. The summed E-state index contributed by atoms with van der Waals surface area (Å²) in [6.45, 7) is 0. The van der Waals surface area contributed by atoms with Crippen LogP contribution < -0.4 is 5.73 Å². The van der Waals surface area contributed by atoms with Gasteiger partial charge in [0.05, 0.1) is 0 Å². The summed E-state index contributed by atoms with van der Waals surface area (Å²) in [7, 11) is 0. The first-order valence-electron chi connectivity index (χ1n) is 8.60. The largest absolute Gasteiger partial charge is 0.366 e. The van der Waals surface area contributed by atoms with Crippen molar-refractivity contribution in [3.05, 3.63) is 70.8 Å². The van der Waals surface area contributed by atoms with E-state index in [1.165, 1.54) is 0 Å². The number of nitrogens with one attached hydrogen (secondary N) is 1. The molecule has 3 N–H and O–H groups in total. The second kappa shape index (κ2) is 7.43. The SMILES string of the molecule is N=C1CCC(C(c2ccc(C(N)=O)cc2)c2ccccc2C=O)CC1. The fourth-order valence-electron chi connectivity index (χ4n) is 3.78. The molecule has 0 bridgehead atoms. The minimum absolute atomic E-state index is 0.0800. The van der Waals surface area contributed by atoms with Gasteiger partial charge in [-0.2, -0.15) is 0 Å². The van der Waals surface area contributed by atoms with Gasteiger partial charge in [-0.05, 0) is 54.9 Å². The number of hydrogen-bond acceptors (Lipinski definition) is 3. The average Bonchev–Trinajstić information content (AvgIpc) is 2.64. The Labute approximate surface area is 147 Å². The number of amides is 1. The highest BCUT2D eigenvalue weighted by atomic mass is 16.1. The zero-order chi connectivity index (χ0) is 17.8. The normalized spacial score (nSPS) is 18.6. The maximum atomic E-state index is 11.5. The maximum Gasteiger partial charge on any atom is 0.248 e. The van der Waals surface area contributed by atoms with Crippen LogP contribution in [0.4, 0.5) is 0 Å². The first-order valence-corrected chi connectivity index (χ1v) is 8.60. The van der Waals surface area contributed by atoms with E-state index in [2.05, 4.69) is 0 Å². The van der Waals surface area contributed by atoms with Gasteiger partial charge in [0.15, 0.2) is 0 Å². The standard InChI is InChI=1S/C21H22N2O2/c22-18-11-9-15(10-12-18)20(19-4-2-1-3-17(19)13-24)14-5-7-16(8-6-14)21(23)25/h1-8,13,15,20,22H,9-12H2,(H2,23,25). The average molecular weight is 334 g/mol. The van der Waals surface area contributed by atoms with E-state index in [0.29, 0.717) is 17.0 Å². The number of nitrogens with two attached hydrogens (primary N) is 1. The van der Waals surface area contributed by atoms with Gasteiger partial charge in [0.25, 0.3) is 0 Å². The lowest BCUT2D eigenvalue weighted by molar-refractivity contribution is 0.1000. The van der Waals surface area contributed by atoms with Gasteiger partial charge < -0.3 is 11.1 Å². The molecule has 4 nitrogen and oxygen atoms in total. The summed E-state index contributed by atoms with van der Waals surface area (Å²) in [5.41, 5.74) is 9.44. The molecule has 0 saturated heterocycles. The van der Waals surface area contributed by atoms with Gasteiger partial charge in [-0.25, -0.2) is 0 Å². The number of primary amides is 1. The summed E-state index contributed by atoms with van der Waals surface area (Å²) < 4.78 is 0. The molecule has 1 saturated carbocycles. The van der Waals surface area contributed by atoms with Crippen LogP contribution in [0, 0.1) is 11.3 Å². The molecule has 0 heterocycles. The molecule has 0 aromatic heterocycles. The van der Waals surface area contributed by atoms with Crippen LogP contribution in [0.5, 0.6) is 0 Å². The van der Waals surface area contributed by atoms with Crippen LogP contribution in [0.1, 0.15) is 63.4 Å². The minimum Gasteiger partial charge on any atom is -0.366 e. The van der Waals surface area contributed by atoms with Gasteiger partial charge in [0.1, 0.15) is 6.29 Å². The van der Waals surface area contributed by atoms with E-state index >= 15 is 0 Å². The van der Waals surface area contributed by atoms with Gasteiger partial charge in [-0.15, -0.1) is 0 Å². The van der Waals surface area contributed by atoms with Crippen molar-refractivity contribution < 1.29 is 9.59 Å². The number of rotatable bonds is 5. The highest BCUT2D eigenvalue weighted by molar-refractivity contribution is 5.92. The predicted octanol–water partition coefficient (Wildman–Crippen LogP) is 3.94. The summed E-state index contributed by atoms with van der Waals surface area (Å²) in [6, 6.07) is 15.1. The number of hydrogen-bond donors (Lipinski definition) is 2. The van der Waals surface area contributed by atoms with Crippen LogP contribution in [-0.2, 0) is 0 Å². The fraction of sp³-hybridized carbons (Fsp3) is 0.286. The molecule has 3 rings (SSSR count). The number of carbonyl (C=O) groups is 2. The van der Waals surface area contributed by atoms with Crippen molar-refractivity contribution in [2.24, 2.45) is 11.7 Å². The van der Waals surface area contributed by atoms with Crippen molar-refractivity contribution in [1.82, 2.24) is 0 Å². The Morgan fingerprint density at radius 1 is 1.08 bits per heavy atom. The van der Waals surface area contributed by atoms with Crippen molar-refractivity contribution in [3.63, 3.8) is 0 Å². The Balaban J connectivity index is 2.03. The summed E-state index contributed by atoms with van der Waals surface area (Å²) in [4.78, 5) is 22.9. The molecular weight excluding hydrogens is 312 g/mol. The van der Waals surface area contributed by atoms with E-state index in [-0.39, 0.29) is 5.92 Å². The van der Waals surface area contributed by atoms with Gasteiger partial charge in [-0.1, -0.05) is 36.4 Å². The van der Waals surface area contributed by atoms with Crippen LogP contribution in [0.25, 0.3) is 0 Å². The summed E-state index contributed by atoms with van der Waals surface area (Å²) in [5, 5.41) is 7.88. The molecule has 0 aliphatic heterocycles. The lowest BCUT2D eigenvalue weighted by Gasteiger charge is -2.32. The van der Waals surface area contributed by atoms with Crippen LogP contribution in [0.2, 0.25) is 0 Å². The summed E-state index contributed by atoms with van der Waals surface area (Å²) >= 11 is 0. The van der Waals surface area contributed by atoms with Gasteiger partial charge in [0.2, 0.25) is 5.91 Å². The minimum atomic E-state index is -0.442. The monoisotopic (exact) mass is 334 g/mol. The van der Waals surface area contributed by atoms with Gasteiger partial charge >= 0.3 is 0 Å². The second-order valence-electron chi connectivity index (χ2n) is 6.65. The van der Waals surface area contributed by atoms with Crippen LogP contribution in [-0.4, -0.2) is 17.9 Å². The van der Waals surface area contributed by atoms with Gasteiger partial charge in [-0.3, -0.25) is 9.59 Å². The van der Waals surface area contributed by atoms with Crippen LogP contribution >= 0.6 is 0 Å². The highest BCUT2D eigenvalue weighted by Crippen LogP contribution is 2.40. The molecule has 1 atom stereocenters. The molecule has 128 valence electrons. The Kier molecular flexibility index (Phi) is 5.08. The van der Waals surface area contributed by atoms with Crippen molar-refractivity contribution in [2.45, 2.75) is 31.6 Å². The summed E-state index contributed by atoms with van der Waals surface area (Å²) in [5.74, 6) is 0.00793. The Morgan fingerprint density at radius 3 is 2.32 bits per heavy atom. The second-order valence-corrected chi connectivity index (χ2v) is 6.65. The lowest BCUT2D eigenvalue weighted by Crippen LogP contribution is -2.22. The maximum absolute atomic E-state index is 11.5. The molecule has 2 aromatic rings. The third-order valence-electron chi connectivity index (χ3n) is 5.12. The molecule has 2 aromatic carbocycles. The predicted molar refractivity (Wildman–Crippen MR) is 98.3 cm³/mol. The molecule has 0 radical (unpaired) electrons. The quantitative estimate of drug-likeness (QED) is 0.812. The zero-order valence-electron chi connectivity index (χ0n) is 14.1. The van der Waals surface area contributed by atoms with E-state index in [9.17, 15) is 9.59 Å². The van der Waals surface area contributed by atoms with E-state index in [1.807, 2.05) is 36.4 Å². The molecule has 1 unspecified atom stereocenters. The molecule has 1 aliphatic carbocycles. The Bertz CT molecular complexity index is 786. The molecule has 25 heavy (non-hydrogen) atoms. The first kappa shape index (κ1) is 17.1. The molecule has 4 heteroatoms. The first-order chi connectivity index (χ1) is 12.1.